The zero-order valence-electron chi connectivity index (χ0n) is 11.7. The first kappa shape index (κ1) is 14.3. The van der Waals surface area contributed by atoms with E-state index in [1.54, 1.807) is 7.11 Å². The molecule has 1 N–H and O–H groups in total. The lowest BCUT2D eigenvalue weighted by Crippen LogP contribution is -2.62. The Hall–Kier alpha value is -0.160. The van der Waals surface area contributed by atoms with Crippen molar-refractivity contribution >= 4 is 0 Å². The van der Waals surface area contributed by atoms with E-state index in [1.807, 2.05) is 6.92 Å². The maximum absolute atomic E-state index is 10.1. The molecule has 4 nitrogen and oxygen atoms in total. The Kier molecular flexibility index (Phi) is 5.01. The van der Waals surface area contributed by atoms with E-state index >= 15 is 0 Å². The number of methoxy groups -OCH3 is 1. The van der Waals surface area contributed by atoms with Crippen LogP contribution < -0.4 is 0 Å². The zero-order valence-corrected chi connectivity index (χ0v) is 11.7. The van der Waals surface area contributed by atoms with Crippen LogP contribution in [0.1, 0.15) is 32.6 Å². The van der Waals surface area contributed by atoms with Gasteiger partial charge in [-0.05, 0) is 39.3 Å². The van der Waals surface area contributed by atoms with Gasteiger partial charge in [0, 0.05) is 38.7 Å². The largest absolute Gasteiger partial charge is 0.392 e. The second kappa shape index (κ2) is 6.33. The third kappa shape index (κ3) is 2.72. The van der Waals surface area contributed by atoms with Crippen LogP contribution in [0, 0.1) is 5.41 Å². The average molecular weight is 257 g/mol. The van der Waals surface area contributed by atoms with Crippen LogP contribution in [0.3, 0.4) is 0 Å². The highest BCUT2D eigenvalue weighted by molar-refractivity contribution is 5.06. The van der Waals surface area contributed by atoms with Crippen LogP contribution in [-0.4, -0.2) is 62.2 Å². The molecule has 2 atom stereocenters. The summed E-state index contributed by atoms with van der Waals surface area (Å²) in [5, 5.41) is 10.1. The number of aliphatic hydroxyl groups excluding tert-OH is 1. The van der Waals surface area contributed by atoms with E-state index in [4.69, 9.17) is 9.47 Å². The lowest BCUT2D eigenvalue weighted by atomic mass is 9.58. The average Bonchev–Trinajstić information content (AvgIpc) is 2.40. The molecule has 2 fully saturated rings. The first-order valence-electron chi connectivity index (χ1n) is 7.24. The van der Waals surface area contributed by atoms with Gasteiger partial charge >= 0.3 is 0 Å². The summed E-state index contributed by atoms with van der Waals surface area (Å²) in [6.07, 6.45) is 4.23. The molecule has 0 aromatic rings. The molecule has 1 aliphatic heterocycles. The summed E-state index contributed by atoms with van der Waals surface area (Å²) in [4.78, 5) is 2.48. The minimum Gasteiger partial charge on any atom is -0.392 e. The van der Waals surface area contributed by atoms with Gasteiger partial charge in [-0.25, -0.2) is 0 Å². The highest BCUT2D eigenvalue weighted by Gasteiger charge is 2.55. The number of ether oxygens (including phenoxy) is 2. The Bertz CT molecular complexity index is 249. The summed E-state index contributed by atoms with van der Waals surface area (Å²) < 4.78 is 10.9. The van der Waals surface area contributed by atoms with E-state index in [-0.39, 0.29) is 11.5 Å². The molecule has 106 valence electrons. The van der Waals surface area contributed by atoms with Gasteiger partial charge in [-0.1, -0.05) is 0 Å². The van der Waals surface area contributed by atoms with Crippen molar-refractivity contribution in [1.82, 2.24) is 4.90 Å². The molecule has 0 aromatic carbocycles. The van der Waals surface area contributed by atoms with Crippen LogP contribution in [-0.2, 0) is 9.47 Å². The SMILES string of the molecule is CCOC1CC(O)C12CCN(CCCOC)CC2. The van der Waals surface area contributed by atoms with Crippen molar-refractivity contribution in [2.45, 2.75) is 44.8 Å². The molecule has 0 amide bonds. The Morgan fingerprint density at radius 2 is 2.06 bits per heavy atom. The van der Waals surface area contributed by atoms with Crippen molar-refractivity contribution in [1.29, 1.82) is 0 Å². The van der Waals surface area contributed by atoms with E-state index in [2.05, 4.69) is 4.90 Å². The van der Waals surface area contributed by atoms with Gasteiger partial charge in [0.15, 0.2) is 0 Å². The van der Waals surface area contributed by atoms with E-state index in [9.17, 15) is 5.11 Å². The normalized spacial score (nSPS) is 31.5. The quantitative estimate of drug-likeness (QED) is 0.728. The standard InChI is InChI=1S/C14H27NO3/c1-3-18-13-11-12(16)14(13)5-8-15(9-6-14)7-4-10-17-2/h12-13,16H,3-11H2,1-2H3. The zero-order chi connectivity index (χ0) is 13.0. The summed E-state index contributed by atoms with van der Waals surface area (Å²) in [7, 11) is 1.75. The Balaban J connectivity index is 1.78. The molecule has 1 saturated heterocycles. The van der Waals surface area contributed by atoms with Gasteiger partial charge in [-0.3, -0.25) is 0 Å². The lowest BCUT2D eigenvalue weighted by molar-refractivity contribution is -0.209. The van der Waals surface area contributed by atoms with Crippen molar-refractivity contribution in [3.8, 4) is 0 Å². The summed E-state index contributed by atoms with van der Waals surface area (Å²) in [6, 6.07) is 0. The second-order valence-corrected chi connectivity index (χ2v) is 5.62. The molecule has 2 unspecified atom stereocenters. The molecule has 4 heteroatoms. The third-order valence-corrected chi connectivity index (χ3v) is 4.72. The van der Waals surface area contributed by atoms with Crippen molar-refractivity contribution < 1.29 is 14.6 Å². The predicted octanol–water partition coefficient (Wildman–Crippen LogP) is 1.27. The number of hydrogen-bond acceptors (Lipinski definition) is 4. The van der Waals surface area contributed by atoms with E-state index in [1.165, 1.54) is 0 Å². The van der Waals surface area contributed by atoms with E-state index in [0.29, 0.717) is 6.10 Å². The third-order valence-electron chi connectivity index (χ3n) is 4.72. The molecule has 1 heterocycles. The fourth-order valence-electron chi connectivity index (χ4n) is 3.44. The van der Waals surface area contributed by atoms with Crippen molar-refractivity contribution in [2.24, 2.45) is 5.41 Å². The fraction of sp³-hybridized carbons (Fsp3) is 1.00. The van der Waals surface area contributed by atoms with Gasteiger partial charge in [-0.2, -0.15) is 0 Å². The molecule has 1 saturated carbocycles. The second-order valence-electron chi connectivity index (χ2n) is 5.62. The topological polar surface area (TPSA) is 41.9 Å². The Labute approximate surface area is 110 Å². The van der Waals surface area contributed by atoms with Gasteiger partial charge in [0.1, 0.15) is 0 Å². The van der Waals surface area contributed by atoms with Crippen LogP contribution in [0.4, 0.5) is 0 Å². The molecule has 2 aliphatic rings. The Morgan fingerprint density at radius 3 is 2.61 bits per heavy atom. The molecule has 0 bridgehead atoms. The molecule has 18 heavy (non-hydrogen) atoms. The maximum atomic E-state index is 10.1. The predicted molar refractivity (Wildman–Crippen MR) is 70.6 cm³/mol. The first-order chi connectivity index (χ1) is 8.73. The number of likely N-dealkylation sites (tertiary alicyclic amines) is 1. The highest BCUT2D eigenvalue weighted by Crippen LogP contribution is 2.50. The van der Waals surface area contributed by atoms with Gasteiger partial charge in [0.05, 0.1) is 12.2 Å². The molecule has 1 aliphatic carbocycles. The van der Waals surface area contributed by atoms with Crippen LogP contribution in [0.2, 0.25) is 0 Å². The van der Waals surface area contributed by atoms with Crippen molar-refractivity contribution in [3.05, 3.63) is 0 Å². The molecule has 2 rings (SSSR count). The fourth-order valence-corrected chi connectivity index (χ4v) is 3.44. The van der Waals surface area contributed by atoms with Gasteiger partial charge in [0.25, 0.3) is 0 Å². The number of aliphatic hydroxyl groups is 1. The van der Waals surface area contributed by atoms with Gasteiger partial charge < -0.3 is 19.5 Å². The smallest absolute Gasteiger partial charge is 0.0681 e. The van der Waals surface area contributed by atoms with Crippen molar-refractivity contribution in [2.75, 3.05) is 40.0 Å². The molecular formula is C14H27NO3. The molecule has 1 spiro atoms. The summed E-state index contributed by atoms with van der Waals surface area (Å²) in [6.45, 7) is 6.93. The minimum atomic E-state index is -0.143. The van der Waals surface area contributed by atoms with Crippen molar-refractivity contribution in [3.63, 3.8) is 0 Å². The number of hydrogen-bond donors (Lipinski definition) is 1. The summed E-state index contributed by atoms with van der Waals surface area (Å²) >= 11 is 0. The number of nitrogens with zero attached hydrogens (tertiary/aromatic N) is 1. The van der Waals surface area contributed by atoms with E-state index in [0.717, 1.165) is 58.5 Å². The Morgan fingerprint density at radius 1 is 1.33 bits per heavy atom. The van der Waals surface area contributed by atoms with Crippen LogP contribution >= 0.6 is 0 Å². The van der Waals surface area contributed by atoms with Gasteiger partial charge in [0.2, 0.25) is 0 Å². The van der Waals surface area contributed by atoms with Crippen LogP contribution in [0.15, 0.2) is 0 Å². The lowest BCUT2D eigenvalue weighted by Gasteiger charge is -2.56. The number of rotatable bonds is 6. The number of piperidine rings is 1. The van der Waals surface area contributed by atoms with Gasteiger partial charge in [-0.15, -0.1) is 0 Å². The van der Waals surface area contributed by atoms with Crippen LogP contribution in [0.5, 0.6) is 0 Å². The maximum Gasteiger partial charge on any atom is 0.0681 e. The summed E-state index contributed by atoms with van der Waals surface area (Å²) in [5.74, 6) is 0. The molecule has 0 radical (unpaired) electrons. The monoisotopic (exact) mass is 257 g/mol. The first-order valence-corrected chi connectivity index (χ1v) is 7.24. The minimum absolute atomic E-state index is 0.0633. The molecular weight excluding hydrogens is 230 g/mol. The summed E-state index contributed by atoms with van der Waals surface area (Å²) in [5.41, 5.74) is 0.0633. The molecule has 0 aromatic heterocycles. The highest BCUT2D eigenvalue weighted by atomic mass is 16.5. The van der Waals surface area contributed by atoms with E-state index < -0.39 is 0 Å². The van der Waals surface area contributed by atoms with Crippen LogP contribution in [0.25, 0.3) is 0 Å².